The molecule has 2 nitrogen and oxygen atoms in total. The monoisotopic (exact) mass is 676 g/mol. The van der Waals surface area contributed by atoms with Gasteiger partial charge in [0.15, 0.2) is 0 Å². The van der Waals surface area contributed by atoms with Crippen LogP contribution in [0.5, 0.6) is 0 Å². The minimum Gasteiger partial charge on any atom is -0.456 e. The van der Waals surface area contributed by atoms with E-state index in [1.54, 1.807) is 0 Å². The number of rotatable bonds is 2. The number of benzene rings is 9. The molecule has 2 heterocycles. The van der Waals surface area contributed by atoms with Gasteiger partial charge in [-0.05, 0) is 102 Å². The van der Waals surface area contributed by atoms with Crippen LogP contribution in [-0.2, 0) is 5.41 Å². The lowest BCUT2D eigenvalue weighted by Gasteiger charge is -2.22. The Kier molecular flexibility index (Phi) is 5.60. The van der Waals surface area contributed by atoms with Gasteiger partial charge in [0.05, 0.1) is 0 Å². The fourth-order valence-electron chi connectivity index (χ4n) is 9.71. The molecule has 0 atom stereocenters. The summed E-state index contributed by atoms with van der Waals surface area (Å²) in [6, 6.07) is 57.4. The number of hydrogen-bond donors (Lipinski definition) is 0. The average Bonchev–Trinajstić information content (AvgIpc) is 3.84. The van der Waals surface area contributed by atoms with Crippen molar-refractivity contribution in [1.82, 2.24) is 0 Å². The Labute approximate surface area is 305 Å². The Balaban J connectivity index is 1.14. The average molecular weight is 677 g/mol. The molecule has 53 heavy (non-hydrogen) atoms. The zero-order chi connectivity index (χ0) is 35.0. The highest BCUT2D eigenvalue weighted by atomic mass is 16.3. The molecule has 0 radical (unpaired) electrons. The Morgan fingerprint density at radius 3 is 1.79 bits per heavy atom. The fourth-order valence-corrected chi connectivity index (χ4v) is 9.71. The molecule has 248 valence electrons. The van der Waals surface area contributed by atoms with Crippen LogP contribution in [0.1, 0.15) is 25.0 Å². The van der Waals surface area contributed by atoms with Gasteiger partial charge in [0, 0.05) is 32.3 Å². The molecule has 0 amide bonds. The van der Waals surface area contributed by atoms with Gasteiger partial charge in [0.2, 0.25) is 0 Å². The maximum absolute atomic E-state index is 6.72. The third-order valence-electron chi connectivity index (χ3n) is 12.1. The van der Waals surface area contributed by atoms with Crippen molar-refractivity contribution < 1.29 is 8.83 Å². The first-order chi connectivity index (χ1) is 26.1. The van der Waals surface area contributed by atoms with Crippen LogP contribution in [0, 0.1) is 0 Å². The second-order valence-electron chi connectivity index (χ2n) is 15.1. The second kappa shape index (κ2) is 10.2. The predicted molar refractivity (Wildman–Crippen MR) is 222 cm³/mol. The second-order valence-corrected chi connectivity index (χ2v) is 15.1. The molecule has 0 bridgehead atoms. The van der Waals surface area contributed by atoms with E-state index in [0.717, 1.165) is 60.2 Å². The van der Waals surface area contributed by atoms with Crippen LogP contribution < -0.4 is 0 Å². The highest BCUT2D eigenvalue weighted by Crippen LogP contribution is 2.54. The summed E-state index contributed by atoms with van der Waals surface area (Å²) in [6.45, 7) is 4.72. The van der Waals surface area contributed by atoms with Gasteiger partial charge in [-0.1, -0.05) is 141 Å². The van der Waals surface area contributed by atoms with Crippen LogP contribution >= 0.6 is 0 Å². The predicted octanol–water partition coefficient (Wildman–Crippen LogP) is 14.6. The summed E-state index contributed by atoms with van der Waals surface area (Å²) in [5, 5.41) is 11.6. The van der Waals surface area contributed by atoms with Crippen molar-refractivity contribution in [1.29, 1.82) is 0 Å². The molecule has 0 saturated carbocycles. The van der Waals surface area contributed by atoms with E-state index in [0.29, 0.717) is 0 Å². The first-order valence-corrected chi connectivity index (χ1v) is 18.4. The first kappa shape index (κ1) is 29.0. The normalized spacial score (nSPS) is 13.6. The topological polar surface area (TPSA) is 26.3 Å². The highest BCUT2D eigenvalue weighted by Gasteiger charge is 2.37. The van der Waals surface area contributed by atoms with Crippen molar-refractivity contribution >= 4 is 76.2 Å². The third kappa shape index (κ3) is 3.77. The fraction of sp³-hybridized carbons (Fsp3) is 0.0588. The molecule has 0 saturated heterocycles. The first-order valence-electron chi connectivity index (χ1n) is 18.4. The Morgan fingerprint density at radius 2 is 1.00 bits per heavy atom. The van der Waals surface area contributed by atoms with Crippen molar-refractivity contribution in [2.75, 3.05) is 0 Å². The largest absolute Gasteiger partial charge is 0.456 e. The molecule has 9 aromatic carbocycles. The minimum atomic E-state index is -0.0724. The molecule has 0 fully saturated rings. The quantitative estimate of drug-likeness (QED) is 0.170. The molecule has 1 aliphatic rings. The molecule has 2 aromatic heterocycles. The van der Waals surface area contributed by atoms with E-state index in [-0.39, 0.29) is 5.41 Å². The summed E-state index contributed by atoms with van der Waals surface area (Å²) in [7, 11) is 0. The summed E-state index contributed by atoms with van der Waals surface area (Å²) in [5.74, 6) is 0. The lowest BCUT2D eigenvalue weighted by Crippen LogP contribution is -2.14. The Bertz CT molecular complexity index is 3310. The van der Waals surface area contributed by atoms with Crippen molar-refractivity contribution in [3.8, 4) is 33.4 Å². The van der Waals surface area contributed by atoms with Crippen molar-refractivity contribution in [2.24, 2.45) is 0 Å². The van der Waals surface area contributed by atoms with E-state index >= 15 is 0 Å². The summed E-state index contributed by atoms with van der Waals surface area (Å²) in [6.07, 6.45) is 0. The van der Waals surface area contributed by atoms with E-state index in [2.05, 4.69) is 159 Å². The standard InChI is InChI=1S/C51H32O2/c1-51(2)40-19-9-7-17-37(40)48-39(18-11-20-41(48)51)47-34-15-5-3-13-32(34)45(33-14-4-6-16-35(33)47)30-23-26-38-44(28-30)52-43-27-24-29-22-25-36-31-12-8-10-21-42(31)53-50(36)46(29)49(38)43/h3-28H,1-2H3. The van der Waals surface area contributed by atoms with Crippen LogP contribution in [0.3, 0.4) is 0 Å². The number of furan rings is 2. The van der Waals surface area contributed by atoms with Gasteiger partial charge >= 0.3 is 0 Å². The molecule has 0 aliphatic heterocycles. The summed E-state index contributed by atoms with van der Waals surface area (Å²) in [4.78, 5) is 0. The maximum Gasteiger partial charge on any atom is 0.144 e. The van der Waals surface area contributed by atoms with Crippen molar-refractivity contribution in [3.05, 3.63) is 169 Å². The van der Waals surface area contributed by atoms with Gasteiger partial charge in [-0.2, -0.15) is 0 Å². The van der Waals surface area contributed by atoms with E-state index in [4.69, 9.17) is 8.83 Å². The molecule has 0 N–H and O–H groups in total. The molecule has 1 aliphatic carbocycles. The Hall–Kier alpha value is -6.64. The highest BCUT2D eigenvalue weighted by molar-refractivity contribution is 6.29. The molecule has 0 spiro atoms. The SMILES string of the molecule is CC1(C)c2ccccc2-c2c(-c3c4ccccc4c(-c4ccc5c(c4)oc4ccc6ccc7c8ccccc8oc7c6c45)c4ccccc34)cccc21. The van der Waals surface area contributed by atoms with Crippen LogP contribution in [0.2, 0.25) is 0 Å². The summed E-state index contributed by atoms with van der Waals surface area (Å²) < 4.78 is 13.3. The van der Waals surface area contributed by atoms with Crippen LogP contribution in [0.4, 0.5) is 0 Å². The van der Waals surface area contributed by atoms with Gasteiger partial charge in [0.1, 0.15) is 22.3 Å². The zero-order valence-electron chi connectivity index (χ0n) is 29.3. The lowest BCUT2D eigenvalue weighted by atomic mass is 9.80. The van der Waals surface area contributed by atoms with E-state index < -0.39 is 0 Å². The summed E-state index contributed by atoms with van der Waals surface area (Å²) >= 11 is 0. The smallest absolute Gasteiger partial charge is 0.144 e. The Morgan fingerprint density at radius 1 is 0.377 bits per heavy atom. The van der Waals surface area contributed by atoms with Crippen LogP contribution in [0.15, 0.2) is 167 Å². The molecule has 12 rings (SSSR count). The van der Waals surface area contributed by atoms with Crippen LogP contribution in [0.25, 0.3) is 110 Å². The maximum atomic E-state index is 6.72. The molecule has 11 aromatic rings. The number of fused-ring (bicyclic) bond motifs is 14. The number of hydrogen-bond acceptors (Lipinski definition) is 2. The van der Waals surface area contributed by atoms with Gasteiger partial charge in [-0.25, -0.2) is 0 Å². The van der Waals surface area contributed by atoms with E-state index in [1.165, 1.54) is 60.5 Å². The van der Waals surface area contributed by atoms with Gasteiger partial charge in [-0.15, -0.1) is 0 Å². The molecule has 0 unspecified atom stereocenters. The van der Waals surface area contributed by atoms with E-state index in [9.17, 15) is 0 Å². The van der Waals surface area contributed by atoms with Crippen molar-refractivity contribution in [2.45, 2.75) is 19.3 Å². The van der Waals surface area contributed by atoms with Crippen molar-refractivity contribution in [3.63, 3.8) is 0 Å². The third-order valence-corrected chi connectivity index (χ3v) is 12.1. The minimum absolute atomic E-state index is 0.0724. The van der Waals surface area contributed by atoms with E-state index in [1.807, 2.05) is 12.1 Å². The number of para-hydroxylation sites is 1. The van der Waals surface area contributed by atoms with Gasteiger partial charge in [-0.3, -0.25) is 0 Å². The molecule has 2 heteroatoms. The van der Waals surface area contributed by atoms with Gasteiger partial charge in [0.25, 0.3) is 0 Å². The molecular weight excluding hydrogens is 645 g/mol. The van der Waals surface area contributed by atoms with Crippen LogP contribution in [-0.4, -0.2) is 0 Å². The molecular formula is C51H32O2. The summed E-state index contributed by atoms with van der Waals surface area (Å²) in [5.41, 5.74) is 13.9. The lowest BCUT2D eigenvalue weighted by molar-refractivity contribution is 0.660. The van der Waals surface area contributed by atoms with Gasteiger partial charge < -0.3 is 8.83 Å². The zero-order valence-corrected chi connectivity index (χ0v) is 29.3.